The van der Waals surface area contributed by atoms with Crippen molar-refractivity contribution < 1.29 is 19.0 Å². The number of anilines is 2. The van der Waals surface area contributed by atoms with Gasteiger partial charge in [0.1, 0.15) is 11.6 Å². The van der Waals surface area contributed by atoms with Crippen LogP contribution < -0.4 is 10.2 Å². The lowest BCUT2D eigenvalue weighted by atomic mass is 10.1. The molecule has 0 aromatic heterocycles. The largest absolute Gasteiger partial charge is 0.508 e. The molecule has 1 saturated heterocycles. The van der Waals surface area contributed by atoms with E-state index in [4.69, 9.17) is 4.74 Å². The van der Waals surface area contributed by atoms with E-state index >= 15 is 0 Å². The standard InChI is InChI=1S/C20H23FN2O3/c1-13-11-23(12-14(2)26-13)18-8-7-16(10-17(18)21)22-20(25)9-15-5-3-4-6-19(15)24/h3-8,10,13-14,24H,9,11-12H2,1-2H3,(H,22,25). The Hall–Kier alpha value is -2.60. The number of rotatable bonds is 4. The highest BCUT2D eigenvalue weighted by atomic mass is 19.1. The minimum Gasteiger partial charge on any atom is -0.508 e. The molecule has 5 nitrogen and oxygen atoms in total. The topological polar surface area (TPSA) is 61.8 Å². The zero-order chi connectivity index (χ0) is 18.7. The highest BCUT2D eigenvalue weighted by Crippen LogP contribution is 2.26. The maximum Gasteiger partial charge on any atom is 0.228 e. The van der Waals surface area contributed by atoms with Crippen LogP contribution in [0.2, 0.25) is 0 Å². The first kappa shape index (κ1) is 18.2. The van der Waals surface area contributed by atoms with E-state index in [1.54, 1.807) is 30.3 Å². The van der Waals surface area contributed by atoms with Gasteiger partial charge in [-0.3, -0.25) is 4.79 Å². The van der Waals surface area contributed by atoms with E-state index < -0.39 is 0 Å². The van der Waals surface area contributed by atoms with E-state index in [0.717, 1.165) is 0 Å². The number of morpholine rings is 1. The molecule has 2 aromatic rings. The summed E-state index contributed by atoms with van der Waals surface area (Å²) < 4.78 is 20.2. The van der Waals surface area contributed by atoms with E-state index in [1.165, 1.54) is 12.1 Å². The van der Waals surface area contributed by atoms with Crippen molar-refractivity contribution in [3.8, 4) is 5.75 Å². The molecule has 1 aliphatic heterocycles. The summed E-state index contributed by atoms with van der Waals surface area (Å²) in [5.74, 6) is -0.626. The molecule has 2 atom stereocenters. The van der Waals surface area contributed by atoms with Gasteiger partial charge in [0.05, 0.1) is 24.3 Å². The van der Waals surface area contributed by atoms with Crippen LogP contribution >= 0.6 is 0 Å². The van der Waals surface area contributed by atoms with E-state index in [0.29, 0.717) is 30.0 Å². The Morgan fingerprint density at radius 1 is 1.23 bits per heavy atom. The van der Waals surface area contributed by atoms with Gasteiger partial charge in [-0.1, -0.05) is 18.2 Å². The van der Waals surface area contributed by atoms with Gasteiger partial charge >= 0.3 is 0 Å². The average molecular weight is 358 g/mol. The number of ether oxygens (including phenoxy) is 1. The number of aromatic hydroxyl groups is 1. The van der Waals surface area contributed by atoms with Crippen molar-refractivity contribution in [2.45, 2.75) is 32.5 Å². The number of benzene rings is 2. The molecule has 1 aliphatic rings. The number of para-hydroxylation sites is 1. The lowest BCUT2D eigenvalue weighted by Gasteiger charge is -2.37. The summed E-state index contributed by atoms with van der Waals surface area (Å²) in [5.41, 5.74) is 1.42. The van der Waals surface area contributed by atoms with Crippen LogP contribution in [-0.2, 0) is 16.0 Å². The molecule has 0 radical (unpaired) electrons. The van der Waals surface area contributed by atoms with Crippen LogP contribution in [0.15, 0.2) is 42.5 Å². The fourth-order valence-corrected chi connectivity index (χ4v) is 3.25. The molecule has 1 fully saturated rings. The van der Waals surface area contributed by atoms with Crippen LogP contribution in [0.1, 0.15) is 19.4 Å². The lowest BCUT2D eigenvalue weighted by Crippen LogP contribution is -2.45. The van der Waals surface area contributed by atoms with Gasteiger partial charge in [0.15, 0.2) is 0 Å². The predicted molar refractivity (Wildman–Crippen MR) is 99.1 cm³/mol. The summed E-state index contributed by atoms with van der Waals surface area (Å²) in [4.78, 5) is 14.1. The molecule has 138 valence electrons. The number of hydrogen-bond acceptors (Lipinski definition) is 4. The molecule has 3 rings (SSSR count). The second-order valence-electron chi connectivity index (χ2n) is 6.68. The number of halogens is 1. The van der Waals surface area contributed by atoms with Crippen LogP contribution in [0.25, 0.3) is 0 Å². The third kappa shape index (κ3) is 4.32. The zero-order valence-corrected chi connectivity index (χ0v) is 14.9. The Morgan fingerprint density at radius 3 is 2.58 bits per heavy atom. The van der Waals surface area contributed by atoms with E-state index in [9.17, 15) is 14.3 Å². The molecule has 2 aromatic carbocycles. The molecular formula is C20H23FN2O3. The van der Waals surface area contributed by atoms with E-state index in [1.807, 2.05) is 18.7 Å². The first-order chi connectivity index (χ1) is 12.4. The molecule has 2 N–H and O–H groups in total. The molecule has 26 heavy (non-hydrogen) atoms. The minimum absolute atomic E-state index is 0.0224. The third-order valence-electron chi connectivity index (χ3n) is 4.33. The quantitative estimate of drug-likeness (QED) is 0.880. The van der Waals surface area contributed by atoms with E-state index in [2.05, 4.69) is 5.32 Å². The molecule has 0 aliphatic carbocycles. The number of hydrogen-bond donors (Lipinski definition) is 2. The van der Waals surface area contributed by atoms with Crippen LogP contribution in [0.5, 0.6) is 5.75 Å². The van der Waals surface area contributed by atoms with Crippen molar-refractivity contribution in [3.63, 3.8) is 0 Å². The van der Waals surface area contributed by atoms with Gasteiger partial charge < -0.3 is 20.1 Å². The number of nitrogens with zero attached hydrogens (tertiary/aromatic N) is 1. The van der Waals surface area contributed by atoms with Crippen molar-refractivity contribution in [2.75, 3.05) is 23.3 Å². The van der Waals surface area contributed by atoms with Gasteiger partial charge in [0, 0.05) is 24.3 Å². The van der Waals surface area contributed by atoms with Gasteiger partial charge in [-0.15, -0.1) is 0 Å². The van der Waals surface area contributed by atoms with Crippen molar-refractivity contribution in [2.24, 2.45) is 0 Å². The number of phenols is 1. The summed E-state index contributed by atoms with van der Waals surface area (Å²) in [6, 6.07) is 11.3. The van der Waals surface area contributed by atoms with E-state index in [-0.39, 0.29) is 36.1 Å². The summed E-state index contributed by atoms with van der Waals surface area (Å²) in [5, 5.41) is 12.4. The average Bonchev–Trinajstić information content (AvgIpc) is 2.56. The Kier molecular flexibility index (Phi) is 5.42. The van der Waals surface area contributed by atoms with Crippen LogP contribution in [0.3, 0.4) is 0 Å². The van der Waals surface area contributed by atoms with Crippen molar-refractivity contribution >= 4 is 17.3 Å². The summed E-state index contributed by atoms with van der Waals surface area (Å²) in [6.07, 6.45) is 0.0984. The molecule has 2 unspecified atom stereocenters. The van der Waals surface area contributed by atoms with Gasteiger partial charge in [-0.2, -0.15) is 0 Å². The first-order valence-corrected chi connectivity index (χ1v) is 8.69. The van der Waals surface area contributed by atoms with Gasteiger partial charge in [0.25, 0.3) is 0 Å². The molecule has 6 heteroatoms. The Bertz CT molecular complexity index is 786. The second kappa shape index (κ2) is 7.74. The van der Waals surface area contributed by atoms with Gasteiger partial charge in [-0.25, -0.2) is 4.39 Å². The zero-order valence-electron chi connectivity index (χ0n) is 14.9. The smallest absolute Gasteiger partial charge is 0.228 e. The molecule has 1 amide bonds. The molecule has 1 heterocycles. The van der Waals surface area contributed by atoms with Crippen molar-refractivity contribution in [1.82, 2.24) is 0 Å². The number of nitrogens with one attached hydrogen (secondary N) is 1. The Morgan fingerprint density at radius 2 is 1.92 bits per heavy atom. The molecule has 0 saturated carbocycles. The predicted octanol–water partition coefficient (Wildman–Crippen LogP) is 3.33. The molecule has 0 bridgehead atoms. The van der Waals surface area contributed by atoms with Crippen LogP contribution in [0.4, 0.5) is 15.8 Å². The third-order valence-corrected chi connectivity index (χ3v) is 4.33. The highest BCUT2D eigenvalue weighted by molar-refractivity contribution is 5.92. The molecule has 0 spiro atoms. The van der Waals surface area contributed by atoms with Gasteiger partial charge in [-0.05, 0) is 38.1 Å². The van der Waals surface area contributed by atoms with Crippen LogP contribution in [0, 0.1) is 5.82 Å². The number of phenolic OH excluding ortho intramolecular Hbond substituents is 1. The fourth-order valence-electron chi connectivity index (χ4n) is 3.25. The minimum atomic E-state index is -0.383. The number of amides is 1. The summed E-state index contributed by atoms with van der Waals surface area (Å²) >= 11 is 0. The highest BCUT2D eigenvalue weighted by Gasteiger charge is 2.24. The Balaban J connectivity index is 1.67. The van der Waals surface area contributed by atoms with Crippen molar-refractivity contribution in [3.05, 3.63) is 53.8 Å². The first-order valence-electron chi connectivity index (χ1n) is 8.69. The maximum atomic E-state index is 14.6. The van der Waals surface area contributed by atoms with Gasteiger partial charge in [0.2, 0.25) is 5.91 Å². The SMILES string of the molecule is CC1CN(c2ccc(NC(=O)Cc3ccccc3O)cc2F)CC(C)O1. The number of carbonyl (C=O) groups is 1. The lowest BCUT2D eigenvalue weighted by molar-refractivity contribution is -0.115. The normalized spacial score (nSPS) is 20.0. The monoisotopic (exact) mass is 358 g/mol. The second-order valence-corrected chi connectivity index (χ2v) is 6.68. The molecular weight excluding hydrogens is 335 g/mol. The van der Waals surface area contributed by atoms with Crippen molar-refractivity contribution in [1.29, 1.82) is 0 Å². The van der Waals surface area contributed by atoms with Crippen LogP contribution in [-0.4, -0.2) is 36.3 Å². The maximum absolute atomic E-state index is 14.6. The number of carbonyl (C=O) groups excluding carboxylic acids is 1. The summed E-state index contributed by atoms with van der Waals surface area (Å²) in [7, 11) is 0. The Labute approximate surface area is 152 Å². The fraction of sp³-hybridized carbons (Fsp3) is 0.350. The summed E-state index contributed by atoms with van der Waals surface area (Å²) in [6.45, 7) is 5.18.